The highest BCUT2D eigenvalue weighted by molar-refractivity contribution is 7.98. The monoisotopic (exact) mass is 412 g/mol. The van der Waals surface area contributed by atoms with E-state index in [1.54, 1.807) is 23.5 Å². The van der Waals surface area contributed by atoms with Crippen molar-refractivity contribution < 1.29 is 9.18 Å². The van der Waals surface area contributed by atoms with E-state index in [-0.39, 0.29) is 23.6 Å². The number of thioether (sulfide) groups is 1. The molecule has 142 valence electrons. The van der Waals surface area contributed by atoms with Crippen LogP contribution in [0.2, 0.25) is 0 Å². The molecule has 0 bridgehead atoms. The number of benzene rings is 1. The summed E-state index contributed by atoms with van der Waals surface area (Å²) < 4.78 is 15.7. The zero-order valence-electron chi connectivity index (χ0n) is 14.8. The largest absolute Gasteiger partial charge is 0.328 e. The van der Waals surface area contributed by atoms with Crippen molar-refractivity contribution in [1.29, 1.82) is 0 Å². The summed E-state index contributed by atoms with van der Waals surface area (Å²) in [5, 5.41) is 10.5. The maximum Gasteiger partial charge on any atom is 0.227 e. The van der Waals surface area contributed by atoms with Gasteiger partial charge in [-0.15, -0.1) is 16.4 Å². The van der Waals surface area contributed by atoms with Crippen LogP contribution in [0.5, 0.6) is 0 Å². The molecule has 1 aliphatic carbocycles. The summed E-state index contributed by atoms with van der Waals surface area (Å²) in [5.41, 5.74) is 1.54. The predicted molar refractivity (Wildman–Crippen MR) is 108 cm³/mol. The van der Waals surface area contributed by atoms with Crippen molar-refractivity contribution in [3.63, 3.8) is 0 Å². The molecule has 0 saturated carbocycles. The lowest BCUT2D eigenvalue weighted by molar-refractivity contribution is -0.123. The molecular formula is C20H17FN4OS2. The van der Waals surface area contributed by atoms with Crippen LogP contribution in [-0.4, -0.2) is 20.5 Å². The van der Waals surface area contributed by atoms with Crippen molar-refractivity contribution in [2.24, 2.45) is 5.92 Å². The molecule has 0 fully saturated rings. The predicted octanol–water partition coefficient (Wildman–Crippen LogP) is 4.65. The van der Waals surface area contributed by atoms with Gasteiger partial charge in [0.05, 0.1) is 5.92 Å². The summed E-state index contributed by atoms with van der Waals surface area (Å²) >= 11 is 3.01. The van der Waals surface area contributed by atoms with Gasteiger partial charge in [0, 0.05) is 22.7 Å². The molecule has 1 aromatic carbocycles. The number of thiophene rings is 1. The van der Waals surface area contributed by atoms with Crippen LogP contribution in [0, 0.1) is 11.7 Å². The van der Waals surface area contributed by atoms with E-state index in [0.29, 0.717) is 28.8 Å². The summed E-state index contributed by atoms with van der Waals surface area (Å²) in [4.78, 5) is 18.4. The number of nitrogens with one attached hydrogen (secondary N) is 1. The van der Waals surface area contributed by atoms with E-state index in [1.165, 1.54) is 17.8 Å². The molecule has 0 spiro atoms. The summed E-state index contributed by atoms with van der Waals surface area (Å²) in [6.45, 7) is 0. The number of hydrogen-bond acceptors (Lipinski definition) is 6. The maximum absolute atomic E-state index is 13.9. The Balaban J connectivity index is 1.49. The molecule has 0 saturated heterocycles. The third-order valence-corrected chi connectivity index (χ3v) is 6.86. The van der Waals surface area contributed by atoms with E-state index >= 15 is 0 Å². The Bertz CT molecular complexity index is 1060. The minimum absolute atomic E-state index is 0.189. The highest BCUT2D eigenvalue weighted by Crippen LogP contribution is 2.43. The molecule has 0 radical (unpaired) electrons. The number of rotatable bonds is 4. The molecule has 3 aromatic rings. The van der Waals surface area contributed by atoms with Crippen molar-refractivity contribution in [3.8, 4) is 0 Å². The van der Waals surface area contributed by atoms with E-state index in [9.17, 15) is 9.18 Å². The highest BCUT2D eigenvalue weighted by atomic mass is 32.2. The van der Waals surface area contributed by atoms with E-state index in [4.69, 9.17) is 0 Å². The minimum Gasteiger partial charge on any atom is -0.328 e. The number of allylic oxidation sites excluding steroid dienone is 2. The maximum atomic E-state index is 13.9. The summed E-state index contributed by atoms with van der Waals surface area (Å²) in [5.74, 6) is 0.822. The average molecular weight is 413 g/mol. The topological polar surface area (TPSA) is 59.8 Å². The molecule has 5 nitrogen and oxygen atoms in total. The Morgan fingerprint density at radius 1 is 1.29 bits per heavy atom. The molecule has 1 aliphatic heterocycles. The Morgan fingerprint density at radius 2 is 2.18 bits per heavy atom. The third kappa shape index (κ3) is 3.06. The molecule has 2 aliphatic rings. The van der Waals surface area contributed by atoms with E-state index in [0.717, 1.165) is 17.0 Å². The molecule has 2 atom stereocenters. The van der Waals surface area contributed by atoms with Gasteiger partial charge >= 0.3 is 0 Å². The van der Waals surface area contributed by atoms with Crippen LogP contribution in [-0.2, 0) is 10.5 Å². The molecular weight excluding hydrogens is 395 g/mol. The van der Waals surface area contributed by atoms with Crippen molar-refractivity contribution in [2.75, 3.05) is 5.32 Å². The standard InChI is InChI=1S/C20H17FN4OS2/c21-13-6-2-1-5-12(13)11-28-20-23-19-22-14-7-3-8-15(26)17(14)18(25(19)24-20)16-9-4-10-27-16/h1-2,4-7,9-10,17-18H,3,8,11H2,(H,22,23,24)/t17-,18-/m1/s1. The van der Waals surface area contributed by atoms with E-state index in [1.807, 2.05) is 28.3 Å². The fourth-order valence-electron chi connectivity index (χ4n) is 3.72. The van der Waals surface area contributed by atoms with Crippen LogP contribution in [0.25, 0.3) is 0 Å². The van der Waals surface area contributed by atoms with E-state index < -0.39 is 0 Å². The smallest absolute Gasteiger partial charge is 0.227 e. The molecule has 5 rings (SSSR count). The van der Waals surface area contributed by atoms with E-state index in [2.05, 4.69) is 21.5 Å². The van der Waals surface area contributed by atoms with Gasteiger partial charge in [-0.05, 0) is 29.5 Å². The SMILES string of the molecule is O=C1CCC=C2Nc3nc(SCc4ccccc4F)nn3[C@H](c3cccs3)[C@@H]12. The first-order chi connectivity index (χ1) is 13.7. The van der Waals surface area contributed by atoms with Gasteiger partial charge in [0.2, 0.25) is 11.1 Å². The number of aromatic nitrogens is 3. The number of hydrogen-bond donors (Lipinski definition) is 1. The van der Waals surface area contributed by atoms with Gasteiger partial charge in [-0.1, -0.05) is 42.1 Å². The van der Waals surface area contributed by atoms with Gasteiger partial charge in [-0.25, -0.2) is 9.07 Å². The van der Waals surface area contributed by atoms with Gasteiger partial charge in [0.15, 0.2) is 0 Å². The lowest BCUT2D eigenvalue weighted by atomic mass is 9.83. The number of carbonyl (C=O) groups excluding carboxylic acids is 1. The molecule has 0 amide bonds. The molecule has 1 N–H and O–H groups in total. The van der Waals surface area contributed by atoms with Crippen LogP contribution >= 0.6 is 23.1 Å². The molecule has 8 heteroatoms. The third-order valence-electron chi connectivity index (χ3n) is 5.03. The highest BCUT2D eigenvalue weighted by Gasteiger charge is 2.42. The number of halogens is 1. The summed E-state index contributed by atoms with van der Waals surface area (Å²) in [6.07, 6.45) is 3.39. The van der Waals surface area contributed by atoms with Gasteiger partial charge in [0.25, 0.3) is 0 Å². The number of anilines is 1. The Morgan fingerprint density at radius 3 is 3.00 bits per heavy atom. The zero-order chi connectivity index (χ0) is 19.1. The van der Waals surface area contributed by atoms with Gasteiger partial charge < -0.3 is 5.32 Å². The fraction of sp³-hybridized carbons (Fsp3) is 0.250. The Labute approximate surface area is 169 Å². The summed E-state index contributed by atoms with van der Waals surface area (Å²) in [7, 11) is 0. The number of nitrogens with zero attached hydrogens (tertiary/aromatic N) is 3. The second kappa shape index (κ2) is 7.18. The number of carbonyl (C=O) groups is 1. The molecule has 0 unspecified atom stereocenters. The lowest BCUT2D eigenvalue weighted by Crippen LogP contribution is -2.38. The zero-order valence-corrected chi connectivity index (χ0v) is 16.5. The van der Waals surface area contributed by atoms with Crippen LogP contribution < -0.4 is 5.32 Å². The first kappa shape index (κ1) is 17.6. The van der Waals surface area contributed by atoms with Crippen molar-refractivity contribution >= 4 is 34.8 Å². The summed E-state index contributed by atoms with van der Waals surface area (Å²) in [6, 6.07) is 10.6. The normalized spacial score (nSPS) is 20.9. The van der Waals surface area contributed by atoms with Crippen LogP contribution in [0.15, 0.2) is 58.7 Å². The van der Waals surface area contributed by atoms with Crippen LogP contribution in [0.1, 0.15) is 29.3 Å². The number of Topliss-reactive ketones (excluding diaryl/α,β-unsaturated/α-hetero) is 1. The fourth-order valence-corrected chi connectivity index (χ4v) is 5.38. The minimum atomic E-state index is -0.258. The average Bonchev–Trinajstić information content (AvgIpc) is 3.35. The molecule has 3 heterocycles. The van der Waals surface area contributed by atoms with Gasteiger partial charge in [-0.3, -0.25) is 4.79 Å². The van der Waals surface area contributed by atoms with Crippen LogP contribution in [0.4, 0.5) is 10.3 Å². The van der Waals surface area contributed by atoms with Crippen molar-refractivity contribution in [1.82, 2.24) is 14.8 Å². The van der Waals surface area contributed by atoms with Crippen molar-refractivity contribution in [3.05, 3.63) is 69.8 Å². The quantitative estimate of drug-likeness (QED) is 0.632. The van der Waals surface area contributed by atoms with Gasteiger partial charge in [0.1, 0.15) is 17.6 Å². The molecule has 28 heavy (non-hydrogen) atoms. The number of fused-ring (bicyclic) bond motifs is 2. The first-order valence-corrected chi connectivity index (χ1v) is 10.9. The van der Waals surface area contributed by atoms with Gasteiger partial charge in [-0.2, -0.15) is 4.98 Å². The number of ketones is 1. The second-order valence-corrected chi connectivity index (χ2v) is 8.69. The Hall–Kier alpha value is -2.45. The Kier molecular flexibility index (Phi) is 4.52. The van der Waals surface area contributed by atoms with Crippen LogP contribution in [0.3, 0.4) is 0 Å². The second-order valence-electron chi connectivity index (χ2n) is 6.77. The molecule has 2 aromatic heterocycles. The first-order valence-electron chi connectivity index (χ1n) is 9.06. The lowest BCUT2D eigenvalue weighted by Gasteiger charge is -2.35. The van der Waals surface area contributed by atoms with Crippen molar-refractivity contribution in [2.45, 2.75) is 29.8 Å².